The molecule has 0 radical (unpaired) electrons. The Bertz CT molecular complexity index is 2990. The van der Waals surface area contributed by atoms with Crippen molar-refractivity contribution in [3.63, 3.8) is 0 Å². The third-order valence-corrected chi connectivity index (χ3v) is 15.7. The molecule has 5 aliphatic heterocycles. The van der Waals surface area contributed by atoms with Gasteiger partial charge in [0.2, 0.25) is 17.7 Å². The maximum absolute atomic E-state index is 14.9. The number of hydrogen-bond acceptors (Lipinski definition) is 12. The van der Waals surface area contributed by atoms with Crippen molar-refractivity contribution in [2.45, 2.75) is 88.8 Å². The van der Waals surface area contributed by atoms with E-state index >= 15 is 0 Å². The number of likely N-dealkylation sites (tertiary alicyclic amines) is 1. The van der Waals surface area contributed by atoms with Crippen molar-refractivity contribution in [3.8, 4) is 22.9 Å². The van der Waals surface area contributed by atoms with E-state index in [1.807, 2.05) is 42.2 Å². The van der Waals surface area contributed by atoms with Crippen LogP contribution in [0.15, 0.2) is 73.2 Å². The van der Waals surface area contributed by atoms with Gasteiger partial charge in [-0.05, 0) is 131 Å². The summed E-state index contributed by atoms with van der Waals surface area (Å²) >= 11 is 0. The molecule has 74 heavy (non-hydrogen) atoms. The van der Waals surface area contributed by atoms with Crippen molar-refractivity contribution in [1.82, 2.24) is 44.8 Å². The second-order valence-electron chi connectivity index (χ2n) is 20.3. The predicted octanol–water partition coefficient (Wildman–Crippen LogP) is 5.67. The van der Waals surface area contributed by atoms with E-state index in [9.17, 15) is 38.0 Å². The van der Waals surface area contributed by atoms with Gasteiger partial charge in [-0.25, -0.2) is 18.3 Å². The highest BCUT2D eigenvalue weighted by atomic mass is 19.1. The minimum Gasteiger partial charge on any atom is -0.492 e. The van der Waals surface area contributed by atoms with Crippen LogP contribution in [0.2, 0.25) is 0 Å². The van der Waals surface area contributed by atoms with Gasteiger partial charge < -0.3 is 29.7 Å². The Kier molecular flexibility index (Phi) is 14.7. The average Bonchev–Trinajstić information content (AvgIpc) is 3.98. The Labute approximate surface area is 428 Å². The smallest absolute Gasteiger partial charge is 0.255 e. The number of ether oxygens (including phenoxy) is 1. The van der Waals surface area contributed by atoms with Gasteiger partial charge in [0.15, 0.2) is 0 Å². The first-order chi connectivity index (χ1) is 35.9. The van der Waals surface area contributed by atoms with E-state index in [2.05, 4.69) is 42.6 Å². The highest BCUT2D eigenvalue weighted by Gasteiger charge is 2.41. The molecule has 19 heteroatoms. The number of piperidine rings is 3. The molecule has 4 fully saturated rings. The lowest BCUT2D eigenvalue weighted by atomic mass is 9.86. The summed E-state index contributed by atoms with van der Waals surface area (Å²) in [6, 6.07) is 16.4. The lowest BCUT2D eigenvalue weighted by molar-refractivity contribution is -0.137. The van der Waals surface area contributed by atoms with E-state index in [0.717, 1.165) is 91.6 Å². The minimum atomic E-state index is -0.798. The van der Waals surface area contributed by atoms with Gasteiger partial charge in [0.25, 0.3) is 11.8 Å². The summed E-state index contributed by atoms with van der Waals surface area (Å²) in [5.41, 5.74) is 4.23. The molecule has 3 aromatic heterocycles. The largest absolute Gasteiger partial charge is 0.492 e. The molecule has 0 bridgehead atoms. The number of carbonyl (C=O) groups is 5. The number of carbonyl (C=O) groups excluding carboxylic acids is 5. The van der Waals surface area contributed by atoms with E-state index in [-0.39, 0.29) is 29.7 Å². The minimum absolute atomic E-state index is 0.129. The third kappa shape index (κ3) is 10.7. The monoisotopic (exact) mass is 1010 g/mol. The topological polar surface area (TPSA) is 189 Å². The summed E-state index contributed by atoms with van der Waals surface area (Å²) in [5, 5.41) is 19.7. The van der Waals surface area contributed by atoms with Crippen molar-refractivity contribution in [2.75, 3.05) is 77.0 Å². The molecular weight excluding hydrogens is 949 g/mol. The van der Waals surface area contributed by atoms with Gasteiger partial charge in [-0.3, -0.25) is 34.2 Å². The summed E-state index contributed by atoms with van der Waals surface area (Å²) in [7, 11) is 0. The second kappa shape index (κ2) is 21.7. The lowest BCUT2D eigenvalue weighted by Crippen LogP contribution is -2.62. The molecule has 0 aliphatic carbocycles. The van der Waals surface area contributed by atoms with Crippen molar-refractivity contribution in [1.29, 1.82) is 5.26 Å². The maximum atomic E-state index is 14.9. The van der Waals surface area contributed by atoms with Gasteiger partial charge in [0.05, 0.1) is 41.2 Å². The molecule has 4 saturated heterocycles. The molecule has 1 atom stereocenters. The molecule has 0 saturated carbocycles. The molecule has 10 rings (SSSR count). The van der Waals surface area contributed by atoms with Crippen LogP contribution in [0.1, 0.15) is 108 Å². The number of fused-ring (bicyclic) bond motifs is 2. The SMILES string of the molecule is CCOc1cc(-c2ccc(N3CCC(CN4CCN(C(=O)CCCCN5CCC(c6ccc7c(c6)C(=O)N(C6CCC(=O)NC6=O)C7)CC5)CC4)(NC(=O)c4cc(F)ccc4F)CC3)nc2)c2c(C#N)cnn2c1. The zero-order valence-corrected chi connectivity index (χ0v) is 41.7. The van der Waals surface area contributed by atoms with Crippen LogP contribution >= 0.6 is 0 Å². The number of hydrogen-bond donors (Lipinski definition) is 2. The highest BCUT2D eigenvalue weighted by Crippen LogP contribution is 2.36. The fourth-order valence-electron chi connectivity index (χ4n) is 11.5. The van der Waals surface area contributed by atoms with Crippen LogP contribution in [0.5, 0.6) is 5.75 Å². The van der Waals surface area contributed by atoms with E-state index in [0.29, 0.717) is 113 Å². The molecule has 17 nitrogen and oxygen atoms in total. The number of anilines is 1. The summed E-state index contributed by atoms with van der Waals surface area (Å²) in [6.45, 7) is 9.37. The van der Waals surface area contributed by atoms with Gasteiger partial charge >= 0.3 is 0 Å². The standard InChI is InChI=1S/C55H61F2N11O6/c1-2-74-42-29-43(51-40(30-58)32-60-68(51)34-42)38-8-12-48(59-31-38)65-21-16-55(17-22-65,62-52(71)45-28-41(56)9-10-46(45)57)35-64-23-25-66(26-24-64)50(70)5-3-4-18-63-19-14-36(15-20-63)37-6-7-39-33-67(54(73)44(39)27-37)47-11-13-49(69)61-53(47)72/h6-10,12,27-29,31-32,34,36,47H,2-5,11,13-26,33,35H2,1H3,(H,62,71)(H,61,69,72). The highest BCUT2D eigenvalue weighted by molar-refractivity contribution is 6.05. The van der Waals surface area contributed by atoms with Gasteiger partial charge in [-0.15, -0.1) is 0 Å². The zero-order valence-electron chi connectivity index (χ0n) is 41.7. The first kappa shape index (κ1) is 50.2. The molecule has 5 aliphatic rings. The number of nitrogens with one attached hydrogen (secondary N) is 2. The Morgan fingerprint density at radius 1 is 0.892 bits per heavy atom. The van der Waals surface area contributed by atoms with Crippen LogP contribution in [0.4, 0.5) is 14.6 Å². The summed E-state index contributed by atoms with van der Waals surface area (Å²) in [5.74, 6) is -1.21. The van der Waals surface area contributed by atoms with Crippen molar-refractivity contribution >= 4 is 40.9 Å². The van der Waals surface area contributed by atoms with Crippen LogP contribution < -0.4 is 20.3 Å². The Morgan fingerprint density at radius 3 is 2.42 bits per heavy atom. The molecule has 2 aromatic carbocycles. The van der Waals surface area contributed by atoms with Gasteiger partial charge in [-0.1, -0.05) is 12.1 Å². The average molecular weight is 1010 g/mol. The number of amides is 5. The number of pyridine rings is 2. The fraction of sp³-hybridized carbons (Fsp3) is 0.455. The van der Waals surface area contributed by atoms with Crippen LogP contribution in [-0.4, -0.2) is 147 Å². The van der Waals surface area contributed by atoms with Crippen molar-refractivity contribution < 1.29 is 37.5 Å². The molecular formula is C55H61F2N11O6. The number of halogens is 2. The van der Waals surface area contributed by atoms with Gasteiger partial charge in [0.1, 0.15) is 35.3 Å². The molecule has 386 valence electrons. The van der Waals surface area contributed by atoms with Crippen LogP contribution in [-0.2, 0) is 20.9 Å². The van der Waals surface area contributed by atoms with E-state index in [1.54, 1.807) is 21.8 Å². The lowest BCUT2D eigenvalue weighted by Gasteiger charge is -2.46. The number of piperazine rings is 1. The number of rotatable bonds is 15. The first-order valence-electron chi connectivity index (χ1n) is 25.9. The fourth-order valence-corrected chi connectivity index (χ4v) is 11.5. The van der Waals surface area contributed by atoms with E-state index < -0.39 is 35.0 Å². The van der Waals surface area contributed by atoms with Crippen LogP contribution in [0, 0.1) is 23.0 Å². The predicted molar refractivity (Wildman–Crippen MR) is 270 cm³/mol. The van der Waals surface area contributed by atoms with E-state index in [1.165, 1.54) is 6.20 Å². The molecule has 1 unspecified atom stereocenters. The van der Waals surface area contributed by atoms with Crippen LogP contribution in [0.25, 0.3) is 16.6 Å². The van der Waals surface area contributed by atoms with Crippen molar-refractivity contribution in [2.24, 2.45) is 0 Å². The quantitative estimate of drug-likeness (QED) is 0.0968. The Morgan fingerprint density at radius 2 is 1.69 bits per heavy atom. The molecule has 8 heterocycles. The van der Waals surface area contributed by atoms with Gasteiger partial charge in [-0.2, -0.15) is 10.4 Å². The number of unbranched alkanes of at least 4 members (excludes halogenated alkanes) is 1. The first-order valence-corrected chi connectivity index (χ1v) is 25.9. The number of imide groups is 1. The molecule has 0 spiro atoms. The number of nitrogens with zero attached hydrogens (tertiary/aromatic N) is 9. The number of nitriles is 1. The van der Waals surface area contributed by atoms with Gasteiger partial charge in [0, 0.05) is 88.1 Å². The summed E-state index contributed by atoms with van der Waals surface area (Å²) < 4.78 is 36.6. The summed E-state index contributed by atoms with van der Waals surface area (Å²) in [4.78, 5) is 79.9. The maximum Gasteiger partial charge on any atom is 0.255 e. The Hall–Kier alpha value is -7.30. The third-order valence-electron chi connectivity index (χ3n) is 15.7. The van der Waals surface area contributed by atoms with Crippen molar-refractivity contribution in [3.05, 3.63) is 113 Å². The second-order valence-corrected chi connectivity index (χ2v) is 20.3. The number of aromatic nitrogens is 3. The molecule has 5 aromatic rings. The zero-order chi connectivity index (χ0) is 51.5. The number of benzene rings is 2. The van der Waals surface area contributed by atoms with E-state index in [4.69, 9.17) is 9.72 Å². The molecule has 2 N–H and O–H groups in total. The molecule has 5 amide bonds. The Balaban J connectivity index is 0.698. The normalized spacial score (nSPS) is 19.6. The van der Waals surface area contributed by atoms with Crippen LogP contribution in [0.3, 0.4) is 0 Å². The summed E-state index contributed by atoms with van der Waals surface area (Å²) in [6.07, 6.45) is 10.7.